The highest BCUT2D eigenvalue weighted by Crippen LogP contribution is 2.40. The molecule has 0 aliphatic heterocycles. The van der Waals surface area contributed by atoms with Crippen LogP contribution in [0.2, 0.25) is 5.02 Å². The van der Waals surface area contributed by atoms with E-state index in [0.29, 0.717) is 10.8 Å². The topological polar surface area (TPSA) is 32.3 Å². The van der Waals surface area contributed by atoms with Gasteiger partial charge in [-0.1, -0.05) is 11.6 Å². The third-order valence-electron chi connectivity index (χ3n) is 2.95. The first-order valence-electron chi connectivity index (χ1n) is 4.81. The average Bonchev–Trinajstić information content (AvgIpc) is 2.92. The molecule has 1 fully saturated rings. The van der Waals surface area contributed by atoms with Crippen LogP contribution in [0, 0.1) is 0 Å². The van der Waals surface area contributed by atoms with E-state index in [1.807, 2.05) is 13.1 Å². The molecule has 1 aromatic rings. The number of hydrogen-bond acceptors (Lipinski definition) is 2. The molecule has 1 aliphatic rings. The van der Waals surface area contributed by atoms with Crippen molar-refractivity contribution in [3.63, 3.8) is 0 Å². The van der Waals surface area contributed by atoms with Gasteiger partial charge in [-0.15, -0.1) is 0 Å². The van der Waals surface area contributed by atoms with Crippen molar-refractivity contribution < 1.29 is 5.11 Å². The quantitative estimate of drug-likeness (QED) is 0.805. The van der Waals surface area contributed by atoms with Crippen LogP contribution in [0.1, 0.15) is 18.4 Å². The number of nitrogens with one attached hydrogen (secondary N) is 1. The summed E-state index contributed by atoms with van der Waals surface area (Å²) in [5, 5.41) is 13.6. The van der Waals surface area contributed by atoms with Gasteiger partial charge in [-0.3, -0.25) is 0 Å². The van der Waals surface area contributed by atoms with Gasteiger partial charge < -0.3 is 10.4 Å². The first kappa shape index (κ1) is 9.81. The van der Waals surface area contributed by atoms with Crippen LogP contribution in [-0.4, -0.2) is 17.7 Å². The second-order valence-corrected chi connectivity index (χ2v) is 4.42. The van der Waals surface area contributed by atoms with Crippen LogP contribution in [-0.2, 0) is 6.42 Å². The molecular formula is C11H14ClNO. The molecule has 1 saturated carbocycles. The van der Waals surface area contributed by atoms with Crippen LogP contribution >= 0.6 is 11.6 Å². The molecule has 0 atom stereocenters. The Labute approximate surface area is 88.9 Å². The summed E-state index contributed by atoms with van der Waals surface area (Å²) in [5.74, 6) is 0.343. The van der Waals surface area contributed by atoms with Crippen LogP contribution < -0.4 is 5.32 Å². The highest BCUT2D eigenvalue weighted by molar-refractivity contribution is 6.30. The summed E-state index contributed by atoms with van der Waals surface area (Å²) in [5.41, 5.74) is 1.15. The van der Waals surface area contributed by atoms with Gasteiger partial charge in [0, 0.05) is 10.6 Å². The van der Waals surface area contributed by atoms with E-state index in [1.165, 1.54) is 12.8 Å². The van der Waals surface area contributed by atoms with E-state index in [-0.39, 0.29) is 5.54 Å². The fourth-order valence-electron chi connectivity index (χ4n) is 1.73. The minimum Gasteiger partial charge on any atom is -0.508 e. The molecule has 3 heteroatoms. The fraction of sp³-hybridized carbons (Fsp3) is 0.455. The summed E-state index contributed by atoms with van der Waals surface area (Å²) < 4.78 is 0. The Morgan fingerprint density at radius 1 is 1.50 bits per heavy atom. The molecule has 1 aromatic carbocycles. The van der Waals surface area contributed by atoms with Crippen molar-refractivity contribution in [3.8, 4) is 5.75 Å². The molecule has 2 rings (SSSR count). The van der Waals surface area contributed by atoms with Gasteiger partial charge in [0.15, 0.2) is 0 Å². The monoisotopic (exact) mass is 211 g/mol. The van der Waals surface area contributed by atoms with Gasteiger partial charge in [0.1, 0.15) is 5.75 Å². The standard InChI is InChI=1S/C11H14ClNO/c1-13-11(4-5-11)7-8-6-9(12)2-3-10(8)14/h2-3,6,13-14H,4-5,7H2,1H3. The maximum Gasteiger partial charge on any atom is 0.118 e. The predicted molar refractivity (Wildman–Crippen MR) is 57.8 cm³/mol. The van der Waals surface area contributed by atoms with Gasteiger partial charge in [0.25, 0.3) is 0 Å². The van der Waals surface area contributed by atoms with Gasteiger partial charge in [-0.25, -0.2) is 0 Å². The Morgan fingerprint density at radius 3 is 2.79 bits per heavy atom. The summed E-state index contributed by atoms with van der Waals surface area (Å²) >= 11 is 5.88. The van der Waals surface area contributed by atoms with E-state index < -0.39 is 0 Å². The Hall–Kier alpha value is -0.730. The summed E-state index contributed by atoms with van der Waals surface area (Å²) in [6, 6.07) is 5.21. The Balaban J connectivity index is 2.20. The lowest BCUT2D eigenvalue weighted by atomic mass is 10.0. The molecule has 76 valence electrons. The molecule has 0 amide bonds. The van der Waals surface area contributed by atoms with E-state index in [1.54, 1.807) is 12.1 Å². The molecule has 0 radical (unpaired) electrons. The molecule has 0 aromatic heterocycles. The lowest BCUT2D eigenvalue weighted by Crippen LogP contribution is -2.29. The highest BCUT2D eigenvalue weighted by Gasteiger charge is 2.41. The van der Waals surface area contributed by atoms with Crippen LogP contribution in [0.4, 0.5) is 0 Å². The molecule has 0 heterocycles. The Bertz CT molecular complexity index is 347. The van der Waals surface area contributed by atoms with Gasteiger partial charge in [-0.05, 0) is 50.1 Å². The van der Waals surface area contributed by atoms with Gasteiger partial charge in [0.05, 0.1) is 0 Å². The third-order valence-corrected chi connectivity index (χ3v) is 3.19. The summed E-state index contributed by atoms with van der Waals surface area (Å²) in [4.78, 5) is 0. The number of likely N-dealkylation sites (N-methyl/N-ethyl adjacent to an activating group) is 1. The predicted octanol–water partition coefficient (Wildman–Crippen LogP) is 2.34. The molecule has 0 spiro atoms. The number of hydrogen-bond donors (Lipinski definition) is 2. The maximum atomic E-state index is 9.64. The number of phenolic OH excluding ortho intramolecular Hbond substituents is 1. The molecule has 14 heavy (non-hydrogen) atoms. The SMILES string of the molecule is CNC1(Cc2cc(Cl)ccc2O)CC1. The normalized spacial score (nSPS) is 18.1. The first-order chi connectivity index (χ1) is 6.65. The van der Waals surface area contributed by atoms with Crippen molar-refractivity contribution in [1.29, 1.82) is 0 Å². The molecular weight excluding hydrogens is 198 g/mol. The smallest absolute Gasteiger partial charge is 0.118 e. The fourth-order valence-corrected chi connectivity index (χ4v) is 1.92. The van der Waals surface area contributed by atoms with Crippen LogP contribution in [0.3, 0.4) is 0 Å². The number of aromatic hydroxyl groups is 1. The summed E-state index contributed by atoms with van der Waals surface area (Å²) in [6.45, 7) is 0. The third kappa shape index (κ3) is 1.86. The zero-order valence-electron chi connectivity index (χ0n) is 8.18. The Morgan fingerprint density at radius 2 is 2.21 bits per heavy atom. The number of halogens is 1. The highest BCUT2D eigenvalue weighted by atomic mass is 35.5. The van der Waals surface area contributed by atoms with Crippen molar-refractivity contribution in [2.45, 2.75) is 24.8 Å². The van der Waals surface area contributed by atoms with Crippen LogP contribution in [0.5, 0.6) is 5.75 Å². The molecule has 2 nitrogen and oxygen atoms in total. The molecule has 2 N–H and O–H groups in total. The average molecular weight is 212 g/mol. The second-order valence-electron chi connectivity index (χ2n) is 3.98. The van der Waals surface area contributed by atoms with Gasteiger partial charge in [-0.2, -0.15) is 0 Å². The van der Waals surface area contributed by atoms with Crippen molar-refractivity contribution in [1.82, 2.24) is 5.32 Å². The molecule has 1 aliphatic carbocycles. The number of rotatable bonds is 3. The van der Waals surface area contributed by atoms with Crippen molar-refractivity contribution >= 4 is 11.6 Å². The number of benzene rings is 1. The number of phenols is 1. The lowest BCUT2D eigenvalue weighted by molar-refractivity contribution is 0.457. The van der Waals surface area contributed by atoms with E-state index in [0.717, 1.165) is 12.0 Å². The van der Waals surface area contributed by atoms with Crippen molar-refractivity contribution in [2.24, 2.45) is 0 Å². The van der Waals surface area contributed by atoms with Crippen molar-refractivity contribution in [3.05, 3.63) is 28.8 Å². The van der Waals surface area contributed by atoms with E-state index in [9.17, 15) is 5.11 Å². The van der Waals surface area contributed by atoms with Crippen LogP contribution in [0.25, 0.3) is 0 Å². The molecule has 0 saturated heterocycles. The zero-order valence-corrected chi connectivity index (χ0v) is 8.93. The largest absolute Gasteiger partial charge is 0.508 e. The molecule has 0 unspecified atom stereocenters. The first-order valence-corrected chi connectivity index (χ1v) is 5.19. The Kier molecular flexibility index (Phi) is 2.41. The van der Waals surface area contributed by atoms with E-state index in [2.05, 4.69) is 5.32 Å². The van der Waals surface area contributed by atoms with E-state index >= 15 is 0 Å². The summed E-state index contributed by atoms with van der Waals surface area (Å²) in [7, 11) is 1.97. The maximum absolute atomic E-state index is 9.64. The van der Waals surface area contributed by atoms with Crippen LogP contribution in [0.15, 0.2) is 18.2 Å². The molecule has 0 bridgehead atoms. The van der Waals surface area contributed by atoms with Gasteiger partial charge in [0.2, 0.25) is 0 Å². The van der Waals surface area contributed by atoms with Crippen molar-refractivity contribution in [2.75, 3.05) is 7.05 Å². The zero-order chi connectivity index (χ0) is 10.2. The van der Waals surface area contributed by atoms with Gasteiger partial charge >= 0.3 is 0 Å². The minimum atomic E-state index is 0.210. The summed E-state index contributed by atoms with van der Waals surface area (Å²) in [6.07, 6.45) is 3.21. The minimum absolute atomic E-state index is 0.210. The lowest BCUT2D eigenvalue weighted by Gasteiger charge is -2.14. The van der Waals surface area contributed by atoms with E-state index in [4.69, 9.17) is 11.6 Å². The second kappa shape index (κ2) is 3.44.